The van der Waals surface area contributed by atoms with E-state index in [1.54, 1.807) is 0 Å². The molecule has 0 aromatic heterocycles. The third kappa shape index (κ3) is 5.01. The number of ether oxygens (including phenoxy) is 1. The van der Waals surface area contributed by atoms with E-state index < -0.39 is 23.9 Å². The molecule has 0 unspecified atom stereocenters. The van der Waals surface area contributed by atoms with Crippen molar-refractivity contribution in [1.29, 1.82) is 0 Å². The molecule has 0 atom stereocenters. The molecule has 0 heterocycles. The van der Waals surface area contributed by atoms with Gasteiger partial charge in [0, 0.05) is 11.8 Å². The maximum absolute atomic E-state index is 12.8. The van der Waals surface area contributed by atoms with Crippen molar-refractivity contribution in [3.63, 3.8) is 0 Å². The molecule has 0 spiro atoms. The molecule has 122 valence electrons. The van der Waals surface area contributed by atoms with Gasteiger partial charge < -0.3 is 4.74 Å². The van der Waals surface area contributed by atoms with E-state index in [4.69, 9.17) is 0 Å². The Morgan fingerprint density at radius 2 is 1.43 bits per heavy atom. The van der Waals surface area contributed by atoms with Crippen LogP contribution in [-0.2, 0) is 6.18 Å². The smallest absolute Gasteiger partial charge is 0.406 e. The quantitative estimate of drug-likeness (QED) is 0.548. The first-order chi connectivity index (χ1) is 10.6. The van der Waals surface area contributed by atoms with Gasteiger partial charge >= 0.3 is 12.5 Å². The molecule has 0 aliphatic carbocycles. The van der Waals surface area contributed by atoms with E-state index in [1.807, 2.05) is 0 Å². The van der Waals surface area contributed by atoms with Gasteiger partial charge in [-0.3, -0.25) is 4.99 Å². The summed E-state index contributed by atoms with van der Waals surface area (Å²) in [6.07, 6.45) is -8.33. The van der Waals surface area contributed by atoms with Crippen molar-refractivity contribution in [3.05, 3.63) is 59.7 Å². The lowest BCUT2D eigenvalue weighted by molar-refractivity contribution is -0.274. The lowest BCUT2D eigenvalue weighted by Gasteiger charge is -2.09. The Bertz CT molecular complexity index is 688. The maximum Gasteiger partial charge on any atom is 0.573 e. The van der Waals surface area contributed by atoms with Gasteiger partial charge in [-0.1, -0.05) is 18.2 Å². The van der Waals surface area contributed by atoms with E-state index in [1.165, 1.54) is 30.3 Å². The fraction of sp³-hybridized carbons (Fsp3) is 0.133. The largest absolute Gasteiger partial charge is 0.573 e. The van der Waals surface area contributed by atoms with Gasteiger partial charge in [0.25, 0.3) is 0 Å². The van der Waals surface area contributed by atoms with Crippen LogP contribution >= 0.6 is 0 Å². The summed E-state index contributed by atoms with van der Waals surface area (Å²) >= 11 is 0. The molecule has 2 aromatic rings. The second kappa shape index (κ2) is 6.31. The lowest BCUT2D eigenvalue weighted by Crippen LogP contribution is -2.16. The average molecular weight is 333 g/mol. The number of halogens is 6. The van der Waals surface area contributed by atoms with Gasteiger partial charge in [0.1, 0.15) is 5.75 Å². The van der Waals surface area contributed by atoms with Crippen LogP contribution in [0.15, 0.2) is 53.5 Å². The first kappa shape index (κ1) is 16.9. The normalized spacial score (nSPS) is 12.6. The molecule has 0 aliphatic rings. The summed E-state index contributed by atoms with van der Waals surface area (Å²) in [5, 5.41) is 0. The zero-order chi connectivity index (χ0) is 17.1. The molecular formula is C15H9F6NO. The predicted octanol–water partition coefficient (Wildman–Crippen LogP) is 5.35. The first-order valence-corrected chi connectivity index (χ1v) is 6.21. The number of nitrogens with zero attached hydrogens (tertiary/aromatic N) is 1. The summed E-state index contributed by atoms with van der Waals surface area (Å²) < 4.78 is 78.1. The van der Waals surface area contributed by atoms with Crippen LogP contribution in [0.4, 0.5) is 32.0 Å². The highest BCUT2D eigenvalue weighted by Gasteiger charge is 2.32. The van der Waals surface area contributed by atoms with E-state index in [2.05, 4.69) is 9.73 Å². The Morgan fingerprint density at radius 3 is 2.00 bits per heavy atom. The summed E-state index contributed by atoms with van der Waals surface area (Å²) in [5.74, 6) is -0.438. The molecule has 2 rings (SSSR count). The molecule has 0 saturated heterocycles. The highest BCUT2D eigenvalue weighted by molar-refractivity contribution is 5.84. The number of rotatable bonds is 3. The highest BCUT2D eigenvalue weighted by Crippen LogP contribution is 2.31. The Kier molecular flexibility index (Phi) is 4.63. The molecule has 0 N–H and O–H groups in total. The summed E-state index contributed by atoms with van der Waals surface area (Å²) in [5.41, 5.74) is -0.798. The number of aliphatic imine (C=N–C) groups is 1. The summed E-state index contributed by atoms with van der Waals surface area (Å²) in [6.45, 7) is 0. The van der Waals surface area contributed by atoms with E-state index in [0.717, 1.165) is 24.4 Å². The fourth-order valence-corrected chi connectivity index (χ4v) is 1.75. The highest BCUT2D eigenvalue weighted by atomic mass is 19.4. The molecule has 0 aliphatic heterocycles. The van der Waals surface area contributed by atoms with E-state index >= 15 is 0 Å². The Balaban J connectivity index is 2.18. The van der Waals surface area contributed by atoms with Crippen LogP contribution in [-0.4, -0.2) is 12.6 Å². The zero-order valence-corrected chi connectivity index (χ0v) is 11.3. The topological polar surface area (TPSA) is 21.6 Å². The molecule has 0 radical (unpaired) electrons. The molecule has 0 saturated carbocycles. The third-order valence-corrected chi connectivity index (χ3v) is 2.69. The fourth-order valence-electron chi connectivity index (χ4n) is 1.75. The van der Waals surface area contributed by atoms with Gasteiger partial charge in [0.05, 0.1) is 11.3 Å². The summed E-state index contributed by atoms with van der Waals surface area (Å²) in [6, 6.07) is 9.29. The van der Waals surface area contributed by atoms with Crippen LogP contribution in [0.25, 0.3) is 0 Å². The predicted molar refractivity (Wildman–Crippen MR) is 71.8 cm³/mol. The van der Waals surface area contributed by atoms with Crippen LogP contribution < -0.4 is 4.74 Å². The second-order valence-corrected chi connectivity index (χ2v) is 4.38. The minimum atomic E-state index is -4.81. The Morgan fingerprint density at radius 1 is 0.826 bits per heavy atom. The van der Waals surface area contributed by atoms with Crippen molar-refractivity contribution < 1.29 is 31.1 Å². The number of hydrogen-bond donors (Lipinski definition) is 0. The first-order valence-electron chi connectivity index (χ1n) is 6.21. The summed E-state index contributed by atoms with van der Waals surface area (Å²) in [4.78, 5) is 3.83. The van der Waals surface area contributed by atoms with Crippen molar-refractivity contribution >= 4 is 11.9 Å². The third-order valence-electron chi connectivity index (χ3n) is 2.69. The second-order valence-electron chi connectivity index (χ2n) is 4.38. The van der Waals surface area contributed by atoms with E-state index in [0.29, 0.717) is 0 Å². The molecule has 0 amide bonds. The number of benzene rings is 2. The molecule has 2 nitrogen and oxygen atoms in total. The van der Waals surface area contributed by atoms with E-state index in [-0.39, 0.29) is 11.3 Å². The van der Waals surface area contributed by atoms with Crippen LogP contribution in [0.1, 0.15) is 11.1 Å². The maximum atomic E-state index is 12.8. The minimum absolute atomic E-state index is 0.143. The van der Waals surface area contributed by atoms with Gasteiger partial charge in [-0.15, -0.1) is 13.2 Å². The molecule has 8 heteroatoms. The van der Waals surface area contributed by atoms with Crippen molar-refractivity contribution in [3.8, 4) is 5.75 Å². The van der Waals surface area contributed by atoms with Crippen molar-refractivity contribution in [2.45, 2.75) is 12.5 Å². The van der Waals surface area contributed by atoms with Gasteiger partial charge in [0.15, 0.2) is 0 Å². The lowest BCUT2D eigenvalue weighted by atomic mass is 10.1. The standard InChI is InChI=1S/C15H9F6NO/c16-14(17,18)13-4-2-1-3-10(13)9-22-11-5-7-12(8-6-11)23-15(19,20)21/h1-9H. The van der Waals surface area contributed by atoms with Crippen molar-refractivity contribution in [1.82, 2.24) is 0 Å². The molecular weight excluding hydrogens is 324 g/mol. The monoisotopic (exact) mass is 333 g/mol. The van der Waals surface area contributed by atoms with Gasteiger partial charge in [0.2, 0.25) is 0 Å². The molecule has 0 fully saturated rings. The Hall–Kier alpha value is -2.51. The molecule has 2 aromatic carbocycles. The average Bonchev–Trinajstić information content (AvgIpc) is 2.44. The van der Waals surface area contributed by atoms with Crippen LogP contribution in [0.2, 0.25) is 0 Å². The number of hydrogen-bond acceptors (Lipinski definition) is 2. The Labute approximate surface area is 127 Å². The summed E-state index contributed by atoms with van der Waals surface area (Å²) in [7, 11) is 0. The number of alkyl halides is 6. The van der Waals surface area contributed by atoms with Gasteiger partial charge in [-0.25, -0.2) is 0 Å². The van der Waals surface area contributed by atoms with Crippen LogP contribution in [0.3, 0.4) is 0 Å². The van der Waals surface area contributed by atoms with Gasteiger partial charge in [-0.05, 0) is 30.3 Å². The van der Waals surface area contributed by atoms with Crippen LogP contribution in [0, 0.1) is 0 Å². The molecule has 0 bridgehead atoms. The zero-order valence-electron chi connectivity index (χ0n) is 11.3. The SMILES string of the molecule is FC(F)(F)Oc1ccc(N=Cc2ccccc2C(F)(F)F)cc1. The minimum Gasteiger partial charge on any atom is -0.406 e. The molecule has 23 heavy (non-hydrogen) atoms. The van der Waals surface area contributed by atoms with Crippen LogP contribution in [0.5, 0.6) is 5.75 Å². The van der Waals surface area contributed by atoms with E-state index in [9.17, 15) is 26.3 Å². The van der Waals surface area contributed by atoms with Crippen molar-refractivity contribution in [2.75, 3.05) is 0 Å². The van der Waals surface area contributed by atoms with Gasteiger partial charge in [-0.2, -0.15) is 13.2 Å². The van der Waals surface area contributed by atoms with Crippen molar-refractivity contribution in [2.24, 2.45) is 4.99 Å².